The maximum atomic E-state index is 5.94. The minimum atomic E-state index is 0.247. The Morgan fingerprint density at radius 3 is 3.18 bits per heavy atom. The first-order chi connectivity index (χ1) is 8.33. The van der Waals surface area contributed by atoms with Crippen LogP contribution in [0.4, 0.5) is 0 Å². The minimum Gasteiger partial charge on any atom is -0.472 e. The van der Waals surface area contributed by atoms with Gasteiger partial charge >= 0.3 is 0 Å². The van der Waals surface area contributed by atoms with Crippen molar-refractivity contribution in [2.75, 3.05) is 13.1 Å². The number of aromatic nitrogens is 2. The summed E-state index contributed by atoms with van der Waals surface area (Å²) in [6, 6.07) is 6.25. The van der Waals surface area contributed by atoms with Crippen LogP contribution in [0.2, 0.25) is 0 Å². The number of piperidine rings is 1. The lowest BCUT2D eigenvalue weighted by Crippen LogP contribution is -2.37. The van der Waals surface area contributed by atoms with E-state index >= 15 is 0 Å². The molecule has 0 radical (unpaired) electrons. The van der Waals surface area contributed by atoms with E-state index in [0.717, 1.165) is 36.3 Å². The second-order valence-corrected chi connectivity index (χ2v) is 4.66. The molecule has 1 fully saturated rings. The number of aryl methyl sites for hydroxylation is 1. The Bertz CT molecular complexity index is 514. The minimum absolute atomic E-state index is 0.247. The molecular weight excluding hydrogens is 214 g/mol. The third-order valence-electron chi connectivity index (χ3n) is 3.21. The Labute approximate surface area is 100 Å². The molecule has 2 N–H and O–H groups in total. The predicted octanol–water partition coefficient (Wildman–Crippen LogP) is 2.00. The fourth-order valence-electron chi connectivity index (χ4n) is 2.28. The highest BCUT2D eigenvalue weighted by atomic mass is 16.5. The number of benzene rings is 1. The van der Waals surface area contributed by atoms with Gasteiger partial charge in [0.1, 0.15) is 6.10 Å². The van der Waals surface area contributed by atoms with Crippen LogP contribution in [0.3, 0.4) is 0 Å². The van der Waals surface area contributed by atoms with Crippen LogP contribution in [-0.4, -0.2) is 29.4 Å². The maximum Gasteiger partial charge on any atom is 0.240 e. The SMILES string of the molecule is Cc1ccc2c(OC3CCCNC3)n[nH]c2c1. The Hall–Kier alpha value is -1.55. The summed E-state index contributed by atoms with van der Waals surface area (Å²) < 4.78 is 5.94. The summed E-state index contributed by atoms with van der Waals surface area (Å²) in [5.74, 6) is 0.730. The summed E-state index contributed by atoms with van der Waals surface area (Å²) >= 11 is 0. The molecule has 2 heterocycles. The molecular formula is C13H17N3O. The van der Waals surface area contributed by atoms with Gasteiger partial charge in [-0.15, -0.1) is 5.10 Å². The summed E-state index contributed by atoms with van der Waals surface area (Å²) in [6.45, 7) is 4.09. The molecule has 17 heavy (non-hydrogen) atoms. The molecule has 1 saturated heterocycles. The standard InChI is InChI=1S/C13H17N3O/c1-9-4-5-11-12(7-9)15-16-13(11)17-10-3-2-6-14-8-10/h4-5,7,10,14H,2-3,6,8H2,1H3,(H,15,16). The number of nitrogens with one attached hydrogen (secondary N) is 2. The number of rotatable bonds is 2. The molecule has 3 rings (SSSR count). The lowest BCUT2D eigenvalue weighted by Gasteiger charge is -2.22. The summed E-state index contributed by atoms with van der Waals surface area (Å²) in [7, 11) is 0. The van der Waals surface area contributed by atoms with E-state index < -0.39 is 0 Å². The van der Waals surface area contributed by atoms with Gasteiger partial charge in [0.2, 0.25) is 5.88 Å². The molecule has 1 aliphatic heterocycles. The van der Waals surface area contributed by atoms with Crippen LogP contribution >= 0.6 is 0 Å². The van der Waals surface area contributed by atoms with E-state index in [9.17, 15) is 0 Å². The largest absolute Gasteiger partial charge is 0.472 e. The zero-order valence-corrected chi connectivity index (χ0v) is 9.99. The van der Waals surface area contributed by atoms with Gasteiger partial charge in [0.25, 0.3) is 0 Å². The Morgan fingerprint density at radius 1 is 1.41 bits per heavy atom. The molecule has 0 saturated carbocycles. The highest BCUT2D eigenvalue weighted by Crippen LogP contribution is 2.25. The van der Waals surface area contributed by atoms with E-state index in [4.69, 9.17) is 4.74 Å². The molecule has 1 aliphatic rings. The first-order valence-corrected chi connectivity index (χ1v) is 6.15. The van der Waals surface area contributed by atoms with Crippen molar-refractivity contribution in [3.63, 3.8) is 0 Å². The van der Waals surface area contributed by atoms with Gasteiger partial charge in [-0.1, -0.05) is 6.07 Å². The van der Waals surface area contributed by atoms with Crippen molar-refractivity contribution in [2.24, 2.45) is 0 Å². The monoisotopic (exact) mass is 231 g/mol. The number of hydrogen-bond donors (Lipinski definition) is 2. The number of ether oxygens (including phenoxy) is 1. The molecule has 1 atom stereocenters. The molecule has 1 aromatic carbocycles. The van der Waals surface area contributed by atoms with Gasteiger partial charge < -0.3 is 10.1 Å². The third-order valence-corrected chi connectivity index (χ3v) is 3.21. The number of nitrogens with zero attached hydrogens (tertiary/aromatic N) is 1. The first-order valence-electron chi connectivity index (χ1n) is 6.15. The molecule has 0 bridgehead atoms. The van der Waals surface area contributed by atoms with E-state index in [1.54, 1.807) is 0 Å². The molecule has 1 unspecified atom stereocenters. The van der Waals surface area contributed by atoms with E-state index in [2.05, 4.69) is 40.6 Å². The second-order valence-electron chi connectivity index (χ2n) is 4.66. The van der Waals surface area contributed by atoms with Gasteiger partial charge in [0.05, 0.1) is 10.9 Å². The van der Waals surface area contributed by atoms with Crippen LogP contribution < -0.4 is 10.1 Å². The van der Waals surface area contributed by atoms with Gasteiger partial charge in [-0.05, 0) is 44.0 Å². The summed E-state index contributed by atoms with van der Waals surface area (Å²) in [6.07, 6.45) is 2.52. The van der Waals surface area contributed by atoms with Crippen molar-refractivity contribution >= 4 is 10.9 Å². The molecule has 0 amide bonds. The van der Waals surface area contributed by atoms with E-state index in [1.165, 1.54) is 12.0 Å². The van der Waals surface area contributed by atoms with Crippen LogP contribution in [0.25, 0.3) is 10.9 Å². The normalized spacial score (nSPS) is 20.6. The highest BCUT2D eigenvalue weighted by molar-refractivity contribution is 5.84. The smallest absolute Gasteiger partial charge is 0.240 e. The van der Waals surface area contributed by atoms with Crippen molar-refractivity contribution in [3.05, 3.63) is 23.8 Å². The zero-order chi connectivity index (χ0) is 11.7. The van der Waals surface area contributed by atoms with E-state index in [1.807, 2.05) is 0 Å². The average Bonchev–Trinajstić information content (AvgIpc) is 2.73. The Kier molecular flexibility index (Phi) is 2.73. The summed E-state index contributed by atoms with van der Waals surface area (Å²) in [5.41, 5.74) is 2.27. The third kappa shape index (κ3) is 2.13. The fourth-order valence-corrected chi connectivity index (χ4v) is 2.28. The van der Waals surface area contributed by atoms with Crippen molar-refractivity contribution < 1.29 is 4.74 Å². The van der Waals surface area contributed by atoms with Crippen LogP contribution in [0.1, 0.15) is 18.4 Å². The van der Waals surface area contributed by atoms with Crippen molar-refractivity contribution in [1.82, 2.24) is 15.5 Å². The molecule has 2 aromatic rings. The van der Waals surface area contributed by atoms with E-state index in [-0.39, 0.29) is 6.10 Å². The number of aromatic amines is 1. The average molecular weight is 231 g/mol. The predicted molar refractivity (Wildman–Crippen MR) is 67.4 cm³/mol. The van der Waals surface area contributed by atoms with Gasteiger partial charge in [0.15, 0.2) is 0 Å². The van der Waals surface area contributed by atoms with Crippen LogP contribution in [0.5, 0.6) is 5.88 Å². The Balaban J connectivity index is 1.84. The molecule has 0 spiro atoms. The van der Waals surface area contributed by atoms with E-state index in [0.29, 0.717) is 0 Å². The van der Waals surface area contributed by atoms with Crippen molar-refractivity contribution in [1.29, 1.82) is 0 Å². The topological polar surface area (TPSA) is 49.9 Å². The van der Waals surface area contributed by atoms with Gasteiger partial charge in [-0.25, -0.2) is 0 Å². The maximum absolute atomic E-state index is 5.94. The highest BCUT2D eigenvalue weighted by Gasteiger charge is 2.17. The molecule has 0 aliphatic carbocycles. The quantitative estimate of drug-likeness (QED) is 0.831. The Morgan fingerprint density at radius 2 is 2.35 bits per heavy atom. The summed E-state index contributed by atoms with van der Waals surface area (Å²) in [5, 5.41) is 11.7. The van der Waals surface area contributed by atoms with Gasteiger partial charge in [0, 0.05) is 6.54 Å². The van der Waals surface area contributed by atoms with Crippen LogP contribution in [-0.2, 0) is 0 Å². The number of H-pyrrole nitrogens is 1. The van der Waals surface area contributed by atoms with Gasteiger partial charge in [-0.2, -0.15) is 0 Å². The molecule has 1 aromatic heterocycles. The molecule has 4 nitrogen and oxygen atoms in total. The van der Waals surface area contributed by atoms with Gasteiger partial charge in [-0.3, -0.25) is 5.10 Å². The van der Waals surface area contributed by atoms with Crippen LogP contribution in [0.15, 0.2) is 18.2 Å². The second kappa shape index (κ2) is 4.37. The number of hydrogen-bond acceptors (Lipinski definition) is 3. The van der Waals surface area contributed by atoms with Crippen LogP contribution in [0, 0.1) is 6.92 Å². The fraction of sp³-hybridized carbons (Fsp3) is 0.462. The zero-order valence-electron chi connectivity index (χ0n) is 9.99. The van der Waals surface area contributed by atoms with Crippen molar-refractivity contribution in [3.8, 4) is 5.88 Å². The summed E-state index contributed by atoms with van der Waals surface area (Å²) in [4.78, 5) is 0. The lowest BCUT2D eigenvalue weighted by molar-refractivity contribution is 0.162. The molecule has 4 heteroatoms. The number of fused-ring (bicyclic) bond motifs is 1. The first kappa shape index (κ1) is 10.6. The molecule has 90 valence electrons. The lowest BCUT2D eigenvalue weighted by atomic mass is 10.1. The van der Waals surface area contributed by atoms with Crippen molar-refractivity contribution in [2.45, 2.75) is 25.9 Å².